The predicted octanol–water partition coefficient (Wildman–Crippen LogP) is 6.81. The van der Waals surface area contributed by atoms with E-state index in [9.17, 15) is 0 Å². The van der Waals surface area contributed by atoms with Crippen molar-refractivity contribution in [3.63, 3.8) is 0 Å². The first-order chi connectivity index (χ1) is 14.6. The van der Waals surface area contributed by atoms with Crippen LogP contribution in [0.4, 0.5) is 0 Å². The Kier molecular flexibility index (Phi) is 7.62. The molecule has 1 saturated carbocycles. The van der Waals surface area contributed by atoms with Gasteiger partial charge in [0, 0.05) is 12.1 Å². The lowest BCUT2D eigenvalue weighted by atomic mass is 9.78. The highest BCUT2D eigenvalue weighted by molar-refractivity contribution is 5.27. The van der Waals surface area contributed by atoms with Crippen LogP contribution in [0.5, 0.6) is 0 Å². The van der Waals surface area contributed by atoms with Crippen molar-refractivity contribution in [1.82, 2.24) is 15.0 Å². The maximum atomic E-state index is 6.49. The van der Waals surface area contributed by atoms with E-state index >= 15 is 0 Å². The summed E-state index contributed by atoms with van der Waals surface area (Å²) in [6.45, 7) is 16.4. The second-order valence-corrected chi connectivity index (χ2v) is 11.4. The van der Waals surface area contributed by atoms with Gasteiger partial charge in [0.1, 0.15) is 0 Å². The van der Waals surface area contributed by atoms with Crippen molar-refractivity contribution in [1.29, 1.82) is 0 Å². The van der Waals surface area contributed by atoms with E-state index in [0.29, 0.717) is 12.5 Å². The second-order valence-electron chi connectivity index (χ2n) is 11.4. The molecule has 1 fully saturated rings. The van der Waals surface area contributed by atoms with Crippen molar-refractivity contribution in [2.45, 2.75) is 97.6 Å². The Bertz CT molecular complexity index is 801. The summed E-state index contributed by atoms with van der Waals surface area (Å²) >= 11 is 0. The van der Waals surface area contributed by atoms with Gasteiger partial charge in [0.05, 0.1) is 23.4 Å². The molecule has 1 atom stereocenters. The smallest absolute Gasteiger partial charge is 0.0904 e. The van der Waals surface area contributed by atoms with Crippen LogP contribution in [0.1, 0.15) is 97.7 Å². The first-order valence-electron chi connectivity index (χ1n) is 12.2. The summed E-state index contributed by atoms with van der Waals surface area (Å²) in [6, 6.07) is 10.6. The lowest BCUT2D eigenvalue weighted by Gasteiger charge is -2.36. The number of ether oxygens (including phenoxy) is 1. The summed E-state index contributed by atoms with van der Waals surface area (Å²) in [7, 11) is 0. The fraction of sp³-hybridized carbons (Fsp3) is 0.704. The van der Waals surface area contributed by atoms with Crippen molar-refractivity contribution >= 4 is 0 Å². The summed E-state index contributed by atoms with van der Waals surface area (Å²) in [5.41, 5.74) is 1.96. The Balaban J connectivity index is 1.65. The number of hydrogen-bond donors (Lipinski definition) is 0. The molecule has 0 N–H and O–H groups in total. The van der Waals surface area contributed by atoms with Gasteiger partial charge in [-0.25, -0.2) is 4.68 Å². The van der Waals surface area contributed by atoms with Gasteiger partial charge in [-0.05, 0) is 57.4 Å². The van der Waals surface area contributed by atoms with Crippen molar-refractivity contribution in [3.8, 4) is 0 Å². The Hall–Kier alpha value is -1.68. The lowest BCUT2D eigenvalue weighted by Crippen LogP contribution is -2.38. The van der Waals surface area contributed by atoms with Gasteiger partial charge in [0.25, 0.3) is 0 Å². The predicted molar refractivity (Wildman–Crippen MR) is 128 cm³/mol. The average molecular weight is 426 g/mol. The number of hydrogen-bond acceptors (Lipinski definition) is 3. The minimum atomic E-state index is -0.248. The first kappa shape index (κ1) is 24.0. The van der Waals surface area contributed by atoms with Crippen LogP contribution in [0.25, 0.3) is 0 Å². The van der Waals surface area contributed by atoms with Gasteiger partial charge in [0.2, 0.25) is 0 Å². The van der Waals surface area contributed by atoms with E-state index < -0.39 is 0 Å². The standard InChI is InChI=1S/C27H43N3O/c1-20(2)25(23-11-9-8-10-12-23)24-18-30(29-28-24)26(4,5)19-31-27(6,7)17-22-15-13-21(3)14-16-22/h8-12,18,20-22,25H,13-17,19H2,1-7H3/t21?,22?,25-/m0/s1. The Labute approximate surface area is 189 Å². The molecule has 0 aliphatic heterocycles. The monoisotopic (exact) mass is 425 g/mol. The van der Waals surface area contributed by atoms with Crippen molar-refractivity contribution < 1.29 is 4.74 Å². The van der Waals surface area contributed by atoms with Crippen LogP contribution in [0.2, 0.25) is 0 Å². The normalized spacial score (nSPS) is 21.4. The number of nitrogens with zero attached hydrogens (tertiary/aromatic N) is 3. The van der Waals surface area contributed by atoms with Crippen LogP contribution < -0.4 is 0 Å². The second kappa shape index (κ2) is 9.85. The molecule has 3 rings (SSSR count). The molecule has 0 saturated heterocycles. The van der Waals surface area contributed by atoms with Gasteiger partial charge in [-0.15, -0.1) is 5.10 Å². The molecule has 0 unspecified atom stereocenters. The molecule has 31 heavy (non-hydrogen) atoms. The van der Waals surface area contributed by atoms with Gasteiger partial charge in [-0.3, -0.25) is 0 Å². The lowest BCUT2D eigenvalue weighted by molar-refractivity contribution is -0.0692. The highest BCUT2D eigenvalue weighted by Crippen LogP contribution is 2.35. The zero-order chi connectivity index (χ0) is 22.6. The van der Waals surface area contributed by atoms with E-state index in [0.717, 1.165) is 24.0 Å². The van der Waals surface area contributed by atoms with E-state index in [2.05, 4.69) is 95.3 Å². The van der Waals surface area contributed by atoms with Crippen LogP contribution in [0.3, 0.4) is 0 Å². The van der Waals surface area contributed by atoms with Crippen LogP contribution in [-0.4, -0.2) is 27.2 Å². The highest BCUT2D eigenvalue weighted by atomic mass is 16.5. The summed E-state index contributed by atoms with van der Waals surface area (Å²) in [4.78, 5) is 0. The average Bonchev–Trinajstić information content (AvgIpc) is 3.20. The number of rotatable bonds is 9. The molecule has 0 spiro atoms. The van der Waals surface area contributed by atoms with E-state index in [4.69, 9.17) is 4.74 Å². The van der Waals surface area contributed by atoms with Crippen molar-refractivity contribution in [2.24, 2.45) is 17.8 Å². The molecule has 0 bridgehead atoms. The molecule has 1 aliphatic carbocycles. The SMILES string of the molecule is CC1CCC(CC(C)(C)OCC(C)(C)n2cc([C@H](c3ccccc3)C(C)C)nn2)CC1. The number of aromatic nitrogens is 3. The van der Waals surface area contributed by atoms with Gasteiger partial charge < -0.3 is 4.74 Å². The molecular weight excluding hydrogens is 382 g/mol. The molecule has 4 nitrogen and oxygen atoms in total. The summed E-state index contributed by atoms with van der Waals surface area (Å²) in [5.74, 6) is 2.39. The zero-order valence-corrected chi connectivity index (χ0v) is 20.8. The van der Waals surface area contributed by atoms with Crippen LogP contribution in [-0.2, 0) is 10.3 Å². The molecule has 172 valence electrons. The van der Waals surface area contributed by atoms with E-state index in [-0.39, 0.29) is 17.1 Å². The fourth-order valence-electron chi connectivity index (χ4n) is 5.00. The van der Waals surface area contributed by atoms with E-state index in [1.165, 1.54) is 31.2 Å². The summed E-state index contributed by atoms with van der Waals surface area (Å²) < 4.78 is 8.49. The Morgan fingerprint density at radius 1 is 1.03 bits per heavy atom. The third-order valence-corrected chi connectivity index (χ3v) is 7.01. The zero-order valence-electron chi connectivity index (χ0n) is 20.8. The molecular formula is C27H43N3O. The van der Waals surface area contributed by atoms with E-state index in [1.807, 2.05) is 4.68 Å². The molecule has 1 heterocycles. The fourth-order valence-corrected chi connectivity index (χ4v) is 5.00. The maximum absolute atomic E-state index is 6.49. The Morgan fingerprint density at radius 3 is 2.29 bits per heavy atom. The summed E-state index contributed by atoms with van der Waals surface area (Å²) in [5, 5.41) is 9.11. The quantitative estimate of drug-likeness (QED) is 0.443. The van der Waals surface area contributed by atoms with E-state index in [1.54, 1.807) is 0 Å². The highest BCUT2D eigenvalue weighted by Gasteiger charge is 2.31. The minimum absolute atomic E-state index is 0.115. The number of benzene rings is 1. The minimum Gasteiger partial charge on any atom is -0.373 e. The molecule has 1 aromatic heterocycles. The molecule has 1 aliphatic rings. The van der Waals surface area contributed by atoms with Gasteiger partial charge in [0.15, 0.2) is 0 Å². The van der Waals surface area contributed by atoms with Crippen LogP contribution >= 0.6 is 0 Å². The van der Waals surface area contributed by atoms with Gasteiger partial charge in [-0.1, -0.05) is 82.0 Å². The van der Waals surface area contributed by atoms with Crippen molar-refractivity contribution in [3.05, 3.63) is 47.8 Å². The molecule has 0 amide bonds. The van der Waals surface area contributed by atoms with Crippen molar-refractivity contribution in [2.75, 3.05) is 6.61 Å². The third kappa shape index (κ3) is 6.41. The molecule has 4 heteroatoms. The topological polar surface area (TPSA) is 39.9 Å². The van der Waals surface area contributed by atoms with Crippen LogP contribution in [0.15, 0.2) is 36.5 Å². The third-order valence-electron chi connectivity index (χ3n) is 7.01. The van der Waals surface area contributed by atoms with Gasteiger partial charge in [-0.2, -0.15) is 0 Å². The Morgan fingerprint density at radius 2 is 1.68 bits per heavy atom. The first-order valence-corrected chi connectivity index (χ1v) is 12.2. The maximum Gasteiger partial charge on any atom is 0.0904 e. The molecule has 2 aromatic rings. The van der Waals surface area contributed by atoms with Gasteiger partial charge >= 0.3 is 0 Å². The molecule has 1 aromatic carbocycles. The largest absolute Gasteiger partial charge is 0.373 e. The summed E-state index contributed by atoms with van der Waals surface area (Å²) in [6.07, 6.45) is 8.69. The van der Waals surface area contributed by atoms with Crippen LogP contribution in [0, 0.1) is 17.8 Å². The molecule has 0 radical (unpaired) electrons.